The second-order valence-electron chi connectivity index (χ2n) is 3.12. The lowest BCUT2D eigenvalue weighted by atomic mass is 10.0. The molecule has 0 saturated carbocycles. The van der Waals surface area contributed by atoms with Gasteiger partial charge in [-0.3, -0.25) is 0 Å². The first-order valence-electron chi connectivity index (χ1n) is 4.47. The molecule has 1 unspecified atom stereocenters. The van der Waals surface area contributed by atoms with Crippen LogP contribution in [0.25, 0.3) is 0 Å². The number of carboxylic acids is 1. The predicted molar refractivity (Wildman–Crippen MR) is 54.0 cm³/mol. The quantitative estimate of drug-likeness (QED) is 0.594. The highest BCUT2D eigenvalue weighted by molar-refractivity contribution is 5.75. The fourth-order valence-corrected chi connectivity index (χ4v) is 1.28. The standard InChI is InChI=1S/C10H11NO5/c12-8(9(13)14)7(11-10(15)16)6-4-2-1-3-5-6/h1-5,7-8,11-12H,(H,13,14)(H,15,16)/t7?,8-/m0/s1. The van der Waals surface area contributed by atoms with Gasteiger partial charge in [0.15, 0.2) is 6.10 Å². The summed E-state index contributed by atoms with van der Waals surface area (Å²) in [5, 5.41) is 28.5. The second-order valence-corrected chi connectivity index (χ2v) is 3.12. The number of carbonyl (C=O) groups is 2. The van der Waals surface area contributed by atoms with Crippen molar-refractivity contribution < 1.29 is 24.9 Å². The summed E-state index contributed by atoms with van der Waals surface area (Å²) in [6.45, 7) is 0. The molecule has 0 aliphatic heterocycles. The smallest absolute Gasteiger partial charge is 0.405 e. The molecule has 0 aliphatic rings. The van der Waals surface area contributed by atoms with Crippen LogP contribution in [-0.4, -0.2) is 33.5 Å². The van der Waals surface area contributed by atoms with Gasteiger partial charge < -0.3 is 20.6 Å². The molecule has 0 radical (unpaired) electrons. The Balaban J connectivity index is 2.96. The minimum atomic E-state index is -1.82. The van der Waals surface area contributed by atoms with E-state index in [9.17, 15) is 14.7 Å². The molecule has 0 fully saturated rings. The third kappa shape index (κ3) is 2.96. The number of hydrogen-bond donors (Lipinski definition) is 4. The number of aliphatic carboxylic acids is 1. The van der Waals surface area contributed by atoms with E-state index >= 15 is 0 Å². The molecule has 16 heavy (non-hydrogen) atoms. The molecule has 0 saturated heterocycles. The largest absolute Gasteiger partial charge is 0.479 e. The van der Waals surface area contributed by atoms with Gasteiger partial charge in [-0.1, -0.05) is 30.3 Å². The highest BCUT2D eigenvalue weighted by atomic mass is 16.4. The minimum absolute atomic E-state index is 0.389. The van der Waals surface area contributed by atoms with Crippen LogP contribution in [0.15, 0.2) is 30.3 Å². The molecule has 2 atom stereocenters. The molecular formula is C10H11NO5. The lowest BCUT2D eigenvalue weighted by molar-refractivity contribution is -0.148. The number of carboxylic acid groups (broad SMARTS) is 2. The Morgan fingerprint density at radius 3 is 2.12 bits per heavy atom. The van der Waals surface area contributed by atoms with Crippen molar-refractivity contribution in [3.05, 3.63) is 35.9 Å². The van der Waals surface area contributed by atoms with Gasteiger partial charge in [-0.25, -0.2) is 9.59 Å². The van der Waals surface area contributed by atoms with Crippen molar-refractivity contribution >= 4 is 12.1 Å². The summed E-state index contributed by atoms with van der Waals surface area (Å²) < 4.78 is 0. The van der Waals surface area contributed by atoms with Gasteiger partial charge in [0.1, 0.15) is 0 Å². The highest BCUT2D eigenvalue weighted by Gasteiger charge is 2.28. The molecule has 0 aromatic heterocycles. The molecule has 6 nitrogen and oxygen atoms in total. The van der Waals surface area contributed by atoms with E-state index in [2.05, 4.69) is 0 Å². The number of hydrogen-bond acceptors (Lipinski definition) is 3. The molecule has 1 amide bonds. The molecular weight excluding hydrogens is 214 g/mol. The Morgan fingerprint density at radius 2 is 1.69 bits per heavy atom. The monoisotopic (exact) mass is 225 g/mol. The predicted octanol–water partition coefficient (Wildman–Crippen LogP) is 0.441. The van der Waals surface area contributed by atoms with E-state index in [0.717, 1.165) is 0 Å². The van der Waals surface area contributed by atoms with Gasteiger partial charge in [0, 0.05) is 0 Å². The maximum absolute atomic E-state index is 10.6. The molecule has 0 bridgehead atoms. The molecule has 4 N–H and O–H groups in total. The van der Waals surface area contributed by atoms with E-state index in [1.54, 1.807) is 18.2 Å². The van der Waals surface area contributed by atoms with E-state index in [1.165, 1.54) is 12.1 Å². The van der Waals surface area contributed by atoms with Crippen LogP contribution in [0.1, 0.15) is 11.6 Å². The van der Waals surface area contributed by atoms with Crippen molar-refractivity contribution in [2.45, 2.75) is 12.1 Å². The van der Waals surface area contributed by atoms with Gasteiger partial charge in [0.25, 0.3) is 0 Å². The van der Waals surface area contributed by atoms with Crippen LogP contribution >= 0.6 is 0 Å². The highest BCUT2D eigenvalue weighted by Crippen LogP contribution is 2.16. The molecule has 1 rings (SSSR count). The molecule has 1 aromatic rings. The molecule has 6 heteroatoms. The Bertz CT molecular complexity index is 378. The van der Waals surface area contributed by atoms with Crippen LogP contribution in [0.4, 0.5) is 4.79 Å². The zero-order valence-electron chi connectivity index (χ0n) is 8.20. The summed E-state index contributed by atoms with van der Waals surface area (Å²) in [6, 6.07) is 6.84. The summed E-state index contributed by atoms with van der Waals surface area (Å²) in [7, 11) is 0. The Hall–Kier alpha value is -2.08. The van der Waals surface area contributed by atoms with E-state index in [4.69, 9.17) is 10.2 Å². The Labute approximate surface area is 91.1 Å². The SMILES string of the molecule is O=C(O)NC(c1ccccc1)[C@H](O)C(=O)O. The first-order chi connectivity index (χ1) is 7.52. The number of amides is 1. The van der Waals surface area contributed by atoms with Crippen LogP contribution in [-0.2, 0) is 4.79 Å². The van der Waals surface area contributed by atoms with Crippen molar-refractivity contribution in [2.24, 2.45) is 0 Å². The first kappa shape index (κ1) is 12.0. The number of nitrogens with one attached hydrogen (secondary N) is 1. The number of benzene rings is 1. The molecule has 0 heterocycles. The number of rotatable bonds is 4. The first-order valence-corrected chi connectivity index (χ1v) is 4.47. The molecule has 1 aromatic carbocycles. The maximum Gasteiger partial charge on any atom is 0.405 e. The Kier molecular flexibility index (Phi) is 3.84. The number of aliphatic hydroxyl groups excluding tert-OH is 1. The van der Waals surface area contributed by atoms with Crippen molar-refractivity contribution in [2.75, 3.05) is 0 Å². The molecule has 0 aliphatic carbocycles. The average molecular weight is 225 g/mol. The number of aliphatic hydroxyl groups is 1. The fourth-order valence-electron chi connectivity index (χ4n) is 1.28. The van der Waals surface area contributed by atoms with Crippen molar-refractivity contribution in [3.63, 3.8) is 0 Å². The van der Waals surface area contributed by atoms with E-state index in [1.807, 2.05) is 5.32 Å². The second kappa shape index (κ2) is 5.13. The lowest BCUT2D eigenvalue weighted by Crippen LogP contribution is -2.39. The van der Waals surface area contributed by atoms with Gasteiger partial charge >= 0.3 is 12.1 Å². The Morgan fingerprint density at radius 1 is 1.12 bits per heavy atom. The van der Waals surface area contributed by atoms with Crippen LogP contribution in [0.3, 0.4) is 0 Å². The fraction of sp³-hybridized carbons (Fsp3) is 0.200. The van der Waals surface area contributed by atoms with Gasteiger partial charge in [0.05, 0.1) is 6.04 Å². The summed E-state index contributed by atoms with van der Waals surface area (Å²) >= 11 is 0. The summed E-state index contributed by atoms with van der Waals surface area (Å²) in [6.07, 6.45) is -3.22. The summed E-state index contributed by atoms with van der Waals surface area (Å²) in [5.74, 6) is -1.48. The van der Waals surface area contributed by atoms with Gasteiger partial charge in [-0.05, 0) is 5.56 Å². The van der Waals surface area contributed by atoms with Crippen molar-refractivity contribution in [3.8, 4) is 0 Å². The van der Waals surface area contributed by atoms with Crippen LogP contribution < -0.4 is 5.32 Å². The van der Waals surface area contributed by atoms with Crippen LogP contribution in [0.5, 0.6) is 0 Å². The molecule has 0 spiro atoms. The van der Waals surface area contributed by atoms with Crippen molar-refractivity contribution in [1.82, 2.24) is 5.32 Å². The van der Waals surface area contributed by atoms with Crippen LogP contribution in [0, 0.1) is 0 Å². The van der Waals surface area contributed by atoms with E-state index < -0.39 is 24.2 Å². The third-order valence-corrected chi connectivity index (χ3v) is 2.01. The average Bonchev–Trinajstić information content (AvgIpc) is 2.26. The molecule has 86 valence electrons. The normalized spacial score (nSPS) is 13.8. The summed E-state index contributed by atoms with van der Waals surface area (Å²) in [5.41, 5.74) is 0.389. The lowest BCUT2D eigenvalue weighted by Gasteiger charge is -2.20. The van der Waals surface area contributed by atoms with E-state index in [-0.39, 0.29) is 0 Å². The van der Waals surface area contributed by atoms with Gasteiger partial charge in [-0.15, -0.1) is 0 Å². The van der Waals surface area contributed by atoms with Gasteiger partial charge in [0.2, 0.25) is 0 Å². The zero-order valence-corrected chi connectivity index (χ0v) is 8.20. The minimum Gasteiger partial charge on any atom is -0.479 e. The van der Waals surface area contributed by atoms with Crippen molar-refractivity contribution in [1.29, 1.82) is 0 Å². The third-order valence-electron chi connectivity index (χ3n) is 2.01. The maximum atomic E-state index is 10.6. The van der Waals surface area contributed by atoms with Crippen LogP contribution in [0.2, 0.25) is 0 Å². The topological polar surface area (TPSA) is 107 Å². The van der Waals surface area contributed by atoms with Gasteiger partial charge in [-0.2, -0.15) is 0 Å². The van der Waals surface area contributed by atoms with E-state index in [0.29, 0.717) is 5.56 Å². The zero-order chi connectivity index (χ0) is 12.1. The summed E-state index contributed by atoms with van der Waals surface area (Å²) in [4.78, 5) is 21.1.